The fraction of sp³-hybridized carbons (Fsp3) is 0.280. The molecule has 8 aromatic heterocycles. The van der Waals surface area contributed by atoms with E-state index in [1.807, 2.05) is 116 Å². The summed E-state index contributed by atoms with van der Waals surface area (Å²) in [4.78, 5) is 14.1. The summed E-state index contributed by atoms with van der Waals surface area (Å²) in [7, 11) is 6.91. The third-order valence-electron chi connectivity index (χ3n) is 21.2. The van der Waals surface area contributed by atoms with Gasteiger partial charge in [0.1, 0.15) is 72.9 Å². The first kappa shape index (κ1) is 52.6. The molecule has 16 rings (SSSR count). The SMILES string of the molecule is [2H]c1c(C([2H])(C)C([2H])([2H])[2H])c([2H])c(-c2c(C)cc(C)c3c2oc2cc([N+]#[C-])ccc23)[n+](C)c1C.[2H]c1c(C([2H])(C)C([2H])([2H])[2H])c([2H])c(-c2c(C)ccc3c2oc2c(C)c([N+]#[C-])ccc23)[n+](C)c1C.[2H]c1c(C([2H])(C)C([2H])([2H])[2H])c([2H])c(-c2c(C)ccc3c2oc2cc([N+]#[C-])c(C)cc23)[n+](C)c1C.[2H]c1c(C([2H])(C)C([2H])([2H])[2H])c([2H])c(-c2c(C)ccc3c2oc2cc([N+]#[C-])cc(C)c23)[n+](C)c1C. The number of nitrogens with zero attached hydrogens (tertiary/aromatic N) is 8. The first-order valence-corrected chi connectivity index (χ1v) is 36.3. The molecule has 0 fully saturated rings. The van der Waals surface area contributed by atoms with Crippen LogP contribution in [-0.2, 0) is 28.2 Å². The van der Waals surface area contributed by atoms with Crippen molar-refractivity contribution in [1.82, 2.24) is 0 Å². The van der Waals surface area contributed by atoms with Gasteiger partial charge in [0.25, 0.3) is 0 Å². The number of pyridine rings is 4. The van der Waals surface area contributed by atoms with Gasteiger partial charge in [-0.25, -0.2) is 19.4 Å². The Hall–Kier alpha value is -12.5. The summed E-state index contributed by atoms with van der Waals surface area (Å²) in [6.45, 7) is 45.4. The van der Waals surface area contributed by atoms with Crippen LogP contribution in [0.4, 0.5) is 22.7 Å². The smallest absolute Gasteiger partial charge is 0.216 e. The van der Waals surface area contributed by atoms with E-state index in [4.69, 9.17) is 76.9 Å². The zero-order chi connectivity index (χ0) is 101. The van der Waals surface area contributed by atoms with Crippen molar-refractivity contribution in [2.75, 3.05) is 0 Å². The van der Waals surface area contributed by atoms with Crippen LogP contribution in [0.3, 0.4) is 0 Å². The van der Waals surface area contributed by atoms with E-state index in [-0.39, 0.29) is 70.6 Å². The van der Waals surface area contributed by atoms with Crippen LogP contribution in [0, 0.1) is 109 Å². The van der Waals surface area contributed by atoms with Gasteiger partial charge in [-0.1, -0.05) is 134 Å². The van der Waals surface area contributed by atoms with Crippen molar-refractivity contribution in [1.29, 1.82) is 0 Å². The topological polar surface area (TPSA) is 85.5 Å². The van der Waals surface area contributed by atoms with Crippen molar-refractivity contribution >= 4 is 111 Å². The van der Waals surface area contributed by atoms with Crippen LogP contribution in [0.1, 0.15) is 201 Å². The molecule has 0 saturated carbocycles. The molecule has 0 amide bonds. The molecule has 8 heterocycles. The number of aromatic nitrogens is 4. The van der Waals surface area contributed by atoms with Gasteiger partial charge < -0.3 is 17.7 Å². The molecule has 4 unspecified atom stereocenters. The van der Waals surface area contributed by atoms with Crippen LogP contribution in [0.2, 0.25) is 0 Å². The minimum absolute atomic E-state index is 0.128. The van der Waals surface area contributed by atoms with E-state index < -0.39 is 51.0 Å². The molecule has 0 N–H and O–H groups in total. The van der Waals surface area contributed by atoms with Gasteiger partial charge in [-0.3, -0.25) is 0 Å². The highest BCUT2D eigenvalue weighted by atomic mass is 16.3. The Balaban J connectivity index is 0.000000153. The molecular weight excluding hydrogens is 1380 g/mol. The van der Waals surface area contributed by atoms with E-state index in [9.17, 15) is 0 Å². The molecule has 112 heavy (non-hydrogen) atoms. The van der Waals surface area contributed by atoms with Crippen molar-refractivity contribution < 1.29 is 68.8 Å². The van der Waals surface area contributed by atoms with E-state index in [1.54, 1.807) is 111 Å². The Kier molecular flexibility index (Phi) is 14.3. The van der Waals surface area contributed by atoms with E-state index in [0.29, 0.717) is 135 Å². The van der Waals surface area contributed by atoms with Gasteiger partial charge in [0.15, 0.2) is 45.5 Å². The second-order valence-corrected chi connectivity index (χ2v) is 28.9. The summed E-state index contributed by atoms with van der Waals surface area (Å²) in [5, 5.41) is 6.71. The maximum atomic E-state index is 9.03. The molecule has 0 saturated heterocycles. The number of furan rings is 4. The largest absolute Gasteiger partial charge is 0.456 e. The van der Waals surface area contributed by atoms with Crippen LogP contribution in [-0.4, -0.2) is 0 Å². The minimum atomic E-state index is -2.73. The Morgan fingerprint density at radius 1 is 0.321 bits per heavy atom. The average Bonchev–Trinajstić information content (AvgIpc) is 1.54. The summed E-state index contributed by atoms with van der Waals surface area (Å²) >= 11 is 0. The Bertz CT molecular complexity index is 7900. The average molecular weight is 1500 g/mol. The highest BCUT2D eigenvalue weighted by Gasteiger charge is 2.30. The molecule has 560 valence electrons. The second kappa shape index (κ2) is 30.4. The van der Waals surface area contributed by atoms with E-state index in [0.717, 1.165) is 87.6 Å². The van der Waals surface area contributed by atoms with Gasteiger partial charge in [-0.2, -0.15) is 18.3 Å². The zero-order valence-corrected chi connectivity index (χ0v) is 66.4. The van der Waals surface area contributed by atoms with Crippen LogP contribution in [0.25, 0.3) is 152 Å². The van der Waals surface area contributed by atoms with Crippen LogP contribution in [0.5, 0.6) is 0 Å². The lowest BCUT2D eigenvalue weighted by molar-refractivity contribution is -0.666. The number of rotatable bonds is 8. The number of fused-ring (bicyclic) bond motifs is 12. The van der Waals surface area contributed by atoms with Crippen molar-refractivity contribution in [3.05, 3.63) is 281 Å². The van der Waals surface area contributed by atoms with Crippen LogP contribution < -0.4 is 18.3 Å². The lowest BCUT2D eigenvalue weighted by Crippen LogP contribution is -2.35. The summed E-state index contributed by atoms with van der Waals surface area (Å²) < 4.78 is 232. The fourth-order valence-electron chi connectivity index (χ4n) is 14.7. The molecule has 0 spiro atoms. The lowest BCUT2D eigenvalue weighted by Gasteiger charge is -2.12. The molecular formula is C100H100N8O4+4. The molecule has 0 bridgehead atoms. The number of hydrogen-bond donors (Lipinski definition) is 0. The Morgan fingerprint density at radius 3 is 1.16 bits per heavy atom. The van der Waals surface area contributed by atoms with Gasteiger partial charge in [0, 0.05) is 141 Å². The number of hydrogen-bond acceptors (Lipinski definition) is 4. The monoisotopic (exact) mass is 1500 g/mol. The fourth-order valence-corrected chi connectivity index (χ4v) is 14.7. The van der Waals surface area contributed by atoms with Gasteiger partial charge in [0.05, 0.1) is 59.5 Å². The van der Waals surface area contributed by atoms with Crippen molar-refractivity contribution in [3.8, 4) is 45.0 Å². The summed E-state index contributed by atoms with van der Waals surface area (Å²) in [5.74, 6) is -8.59. The molecule has 8 aromatic carbocycles. The first-order valence-electron chi connectivity index (χ1n) is 48.3. The van der Waals surface area contributed by atoms with E-state index >= 15 is 0 Å². The minimum Gasteiger partial charge on any atom is -0.456 e. The Labute approximate surface area is 692 Å². The van der Waals surface area contributed by atoms with Gasteiger partial charge in [0.2, 0.25) is 22.8 Å². The predicted octanol–water partition coefficient (Wildman–Crippen LogP) is 26.7. The molecule has 4 atom stereocenters. The van der Waals surface area contributed by atoms with Crippen LogP contribution >= 0.6 is 0 Å². The third kappa shape index (κ3) is 13.8. The van der Waals surface area contributed by atoms with E-state index in [1.165, 1.54) is 27.7 Å². The predicted molar refractivity (Wildman–Crippen MR) is 460 cm³/mol. The highest BCUT2D eigenvalue weighted by Crippen LogP contribution is 2.46. The molecule has 12 nitrogen and oxygen atoms in total. The lowest BCUT2D eigenvalue weighted by atomic mass is 9.94. The summed E-state index contributed by atoms with van der Waals surface area (Å²) in [5.41, 5.74) is 18.1. The summed E-state index contributed by atoms with van der Waals surface area (Å²) in [6, 6.07) is 28.3. The maximum absolute atomic E-state index is 9.03. The molecule has 0 aliphatic carbocycles. The van der Waals surface area contributed by atoms with Crippen molar-refractivity contribution in [2.45, 2.75) is 162 Å². The maximum Gasteiger partial charge on any atom is 0.216 e. The molecule has 12 heteroatoms. The number of benzene rings is 8. The van der Waals surface area contributed by atoms with Crippen molar-refractivity contribution in [2.24, 2.45) is 28.2 Å². The standard InChI is InChI=1S/4C25H25N2O/c1-14(2)18-11-17(5)27(7)21(12-18)24-16(4)10-15(3)23-20-9-8-19(26-6)13-22(20)28-25(23)24;1-14(2)18-11-17(5)27(7)21(12-18)24-15(3)8-9-20-23-16(4)10-19(26-6)13-22(23)28-25(20)24;1-14(2)18-11-17(5)27(7)22(12-18)24-15(3)8-9-19-20-10-16(4)21(26-6)13-23(20)28-25(19)24;1-14(2)18-12-16(4)27(7)22(13-18)23-15(3)8-9-20-19-10-11-21(26-6)17(5)24(19)28-25(20)23/h4*8-14H,1-5,7H3/q4*+1/i3*1D3,11D,12D,14D;1D3,12D,13D,14D. The van der Waals surface area contributed by atoms with Gasteiger partial charge >= 0.3 is 0 Å². The van der Waals surface area contributed by atoms with Gasteiger partial charge in [-0.15, -0.1) is 0 Å². The highest BCUT2D eigenvalue weighted by molar-refractivity contribution is 6.15. The summed E-state index contributed by atoms with van der Waals surface area (Å²) in [6.07, 6.45) is 0. The molecule has 0 aliphatic heterocycles. The quantitative estimate of drug-likeness (QED) is 0.112. The Morgan fingerprint density at radius 2 is 0.696 bits per heavy atom. The second-order valence-electron chi connectivity index (χ2n) is 28.9. The zero-order valence-electron chi connectivity index (χ0n) is 90.4. The first-order chi connectivity index (χ1) is 62.9. The van der Waals surface area contributed by atoms with Crippen LogP contribution in [0.15, 0.2) is 163 Å². The van der Waals surface area contributed by atoms with Gasteiger partial charge in [-0.05, 0) is 164 Å². The number of aryl methyl sites for hydroxylation is 8. The third-order valence-corrected chi connectivity index (χ3v) is 21.2. The normalized spacial score (nSPS) is 17.1. The molecule has 0 radical (unpaired) electrons. The molecule has 16 aromatic rings. The van der Waals surface area contributed by atoms with E-state index in [2.05, 4.69) is 19.4 Å². The molecule has 0 aliphatic rings. The van der Waals surface area contributed by atoms with Crippen molar-refractivity contribution in [3.63, 3.8) is 0 Å².